The first-order chi connectivity index (χ1) is 14.3. The van der Waals surface area contributed by atoms with E-state index in [1.54, 1.807) is 22.6 Å². The Kier molecular flexibility index (Phi) is 5.13. The van der Waals surface area contributed by atoms with E-state index in [1.807, 2.05) is 30.3 Å². The van der Waals surface area contributed by atoms with Crippen LogP contribution in [0.1, 0.15) is 54.1 Å². The molecule has 0 aliphatic carbocycles. The Bertz CT molecular complexity index is 1050. The second-order valence-corrected chi connectivity index (χ2v) is 8.52. The van der Waals surface area contributed by atoms with Gasteiger partial charge in [0.1, 0.15) is 11.2 Å². The van der Waals surface area contributed by atoms with Gasteiger partial charge in [-0.1, -0.05) is 26.0 Å². The number of carbonyl (C=O) groups is 2. The zero-order valence-corrected chi connectivity index (χ0v) is 17.6. The van der Waals surface area contributed by atoms with Gasteiger partial charge < -0.3 is 15.0 Å². The predicted octanol–water partition coefficient (Wildman–Crippen LogP) is 2.98. The molecule has 4 rings (SSSR count). The van der Waals surface area contributed by atoms with Gasteiger partial charge in [0.15, 0.2) is 0 Å². The van der Waals surface area contributed by atoms with Gasteiger partial charge in [0, 0.05) is 37.8 Å². The van der Waals surface area contributed by atoms with Crippen molar-refractivity contribution < 1.29 is 14.3 Å². The van der Waals surface area contributed by atoms with Crippen LogP contribution in [0, 0.1) is 6.92 Å². The van der Waals surface area contributed by atoms with E-state index in [9.17, 15) is 14.4 Å². The van der Waals surface area contributed by atoms with Crippen LogP contribution in [-0.2, 0) is 4.74 Å². The smallest absolute Gasteiger partial charge is 0.407 e. The van der Waals surface area contributed by atoms with E-state index < -0.39 is 11.7 Å². The molecule has 1 aromatic carbocycles. The average molecular weight is 409 g/mol. The number of nitrogens with one attached hydrogen (secondary N) is 1. The summed E-state index contributed by atoms with van der Waals surface area (Å²) >= 11 is 0. The van der Waals surface area contributed by atoms with Crippen molar-refractivity contribution in [3.8, 4) is 5.69 Å². The molecule has 2 aromatic rings. The molecule has 0 radical (unpaired) electrons. The number of aromatic nitrogens is 1. The quantitative estimate of drug-likeness (QED) is 0.845. The van der Waals surface area contributed by atoms with Crippen molar-refractivity contribution in [3.05, 3.63) is 63.6 Å². The Balaban J connectivity index is 1.61. The number of alkyl carbamates (subject to hydrolysis) is 1. The number of piperidine rings is 1. The number of hydrogen-bond donors (Lipinski definition) is 1. The third-order valence-corrected chi connectivity index (χ3v) is 6.16. The van der Waals surface area contributed by atoms with Gasteiger partial charge in [-0.25, -0.2) is 4.79 Å². The van der Waals surface area contributed by atoms with Crippen LogP contribution in [0.2, 0.25) is 0 Å². The molecule has 3 heterocycles. The molecule has 1 spiro atoms. The van der Waals surface area contributed by atoms with Crippen LogP contribution in [0.15, 0.2) is 41.3 Å². The minimum atomic E-state index is -0.531. The summed E-state index contributed by atoms with van der Waals surface area (Å²) in [5, 5.41) is 2.69. The summed E-state index contributed by atoms with van der Waals surface area (Å²) in [6, 6.07) is 9.64. The summed E-state index contributed by atoms with van der Waals surface area (Å²) in [7, 11) is 0. The molecule has 0 atom stereocenters. The van der Waals surface area contributed by atoms with E-state index in [0.29, 0.717) is 44.0 Å². The molecule has 2 fully saturated rings. The number of benzene rings is 1. The second-order valence-electron chi connectivity index (χ2n) is 8.52. The Hall–Kier alpha value is -3.09. The van der Waals surface area contributed by atoms with Crippen LogP contribution in [-0.4, -0.2) is 46.7 Å². The number of amides is 2. The standard InChI is InChI=1S/C23H27N3O4/c1-15(2)17-5-4-6-18(13-17)26-10-7-16(3)19(21(26)28)20(27)25-11-8-23(9-12-25)14-24-22(29)30-23/h4-7,10,13,15H,8-9,11-12,14H2,1-3H3,(H,24,29). The van der Waals surface area contributed by atoms with Gasteiger partial charge in [0.2, 0.25) is 0 Å². The fourth-order valence-corrected chi connectivity index (χ4v) is 4.18. The van der Waals surface area contributed by atoms with Crippen molar-refractivity contribution in [3.63, 3.8) is 0 Å². The number of carbonyl (C=O) groups excluding carboxylic acids is 2. The van der Waals surface area contributed by atoms with Gasteiger partial charge in [-0.3, -0.25) is 14.2 Å². The van der Waals surface area contributed by atoms with E-state index in [4.69, 9.17) is 4.74 Å². The molecule has 0 saturated carbocycles. The molecule has 2 aliphatic heterocycles. The van der Waals surface area contributed by atoms with Gasteiger partial charge in [-0.2, -0.15) is 0 Å². The molecule has 7 heteroatoms. The molecular formula is C23H27N3O4. The third kappa shape index (κ3) is 3.60. The molecule has 30 heavy (non-hydrogen) atoms. The molecular weight excluding hydrogens is 382 g/mol. The highest BCUT2D eigenvalue weighted by Crippen LogP contribution is 2.30. The maximum atomic E-state index is 13.3. The monoisotopic (exact) mass is 409 g/mol. The van der Waals surface area contributed by atoms with E-state index in [0.717, 1.165) is 11.3 Å². The highest BCUT2D eigenvalue weighted by molar-refractivity contribution is 5.95. The van der Waals surface area contributed by atoms with E-state index in [2.05, 4.69) is 19.2 Å². The number of ether oxygens (including phenoxy) is 1. The SMILES string of the molecule is Cc1ccn(-c2cccc(C(C)C)c2)c(=O)c1C(=O)N1CCC2(CC1)CNC(=O)O2. The van der Waals surface area contributed by atoms with Gasteiger partial charge in [0.05, 0.1) is 6.54 Å². The molecule has 1 aromatic heterocycles. The number of likely N-dealkylation sites (tertiary alicyclic amines) is 1. The minimum absolute atomic E-state index is 0.199. The first-order valence-corrected chi connectivity index (χ1v) is 10.4. The molecule has 2 saturated heterocycles. The van der Waals surface area contributed by atoms with Gasteiger partial charge in [0.25, 0.3) is 11.5 Å². The van der Waals surface area contributed by atoms with E-state index in [-0.39, 0.29) is 17.0 Å². The zero-order valence-electron chi connectivity index (χ0n) is 17.6. The lowest BCUT2D eigenvalue weighted by molar-refractivity contribution is 0.00324. The lowest BCUT2D eigenvalue weighted by Gasteiger charge is -2.37. The topological polar surface area (TPSA) is 80.6 Å². The van der Waals surface area contributed by atoms with Crippen LogP contribution >= 0.6 is 0 Å². The molecule has 0 bridgehead atoms. The Morgan fingerprint density at radius 3 is 2.53 bits per heavy atom. The Labute approximate surface area is 175 Å². The molecule has 2 amide bonds. The van der Waals surface area contributed by atoms with Crippen LogP contribution in [0.5, 0.6) is 0 Å². The fourth-order valence-electron chi connectivity index (χ4n) is 4.18. The molecule has 7 nitrogen and oxygen atoms in total. The number of nitrogens with zero attached hydrogens (tertiary/aromatic N) is 2. The van der Waals surface area contributed by atoms with Crippen molar-refractivity contribution in [2.75, 3.05) is 19.6 Å². The van der Waals surface area contributed by atoms with Crippen LogP contribution in [0.4, 0.5) is 4.79 Å². The van der Waals surface area contributed by atoms with Crippen molar-refractivity contribution in [1.82, 2.24) is 14.8 Å². The first kappa shape index (κ1) is 20.2. The van der Waals surface area contributed by atoms with Crippen molar-refractivity contribution >= 4 is 12.0 Å². The van der Waals surface area contributed by atoms with E-state index in [1.165, 1.54) is 0 Å². The Morgan fingerprint density at radius 2 is 1.90 bits per heavy atom. The van der Waals surface area contributed by atoms with Crippen LogP contribution in [0.25, 0.3) is 5.69 Å². The van der Waals surface area contributed by atoms with Crippen molar-refractivity contribution in [1.29, 1.82) is 0 Å². The summed E-state index contributed by atoms with van der Waals surface area (Å²) in [4.78, 5) is 39.7. The number of hydrogen-bond acceptors (Lipinski definition) is 4. The van der Waals surface area contributed by atoms with Gasteiger partial charge in [-0.15, -0.1) is 0 Å². The number of pyridine rings is 1. The van der Waals surface area contributed by atoms with Gasteiger partial charge >= 0.3 is 6.09 Å². The maximum Gasteiger partial charge on any atom is 0.407 e. The highest BCUT2D eigenvalue weighted by atomic mass is 16.6. The number of rotatable bonds is 3. The zero-order chi connectivity index (χ0) is 21.5. The summed E-state index contributed by atoms with van der Waals surface area (Å²) in [6.07, 6.45) is 2.45. The normalized spacial score (nSPS) is 17.9. The molecule has 1 N–H and O–H groups in total. The van der Waals surface area contributed by atoms with E-state index >= 15 is 0 Å². The largest absolute Gasteiger partial charge is 0.441 e. The molecule has 0 unspecified atom stereocenters. The van der Waals surface area contributed by atoms with Crippen molar-refractivity contribution in [2.24, 2.45) is 0 Å². The maximum absolute atomic E-state index is 13.3. The summed E-state index contributed by atoms with van der Waals surface area (Å²) in [5.41, 5.74) is 1.91. The van der Waals surface area contributed by atoms with Crippen LogP contribution in [0.3, 0.4) is 0 Å². The fraction of sp³-hybridized carbons (Fsp3) is 0.435. The Morgan fingerprint density at radius 1 is 1.17 bits per heavy atom. The number of aryl methyl sites for hydroxylation is 1. The summed E-state index contributed by atoms with van der Waals surface area (Å²) < 4.78 is 6.97. The summed E-state index contributed by atoms with van der Waals surface area (Å²) in [5.74, 6) is 0.0750. The average Bonchev–Trinajstić information content (AvgIpc) is 3.08. The molecule has 2 aliphatic rings. The highest BCUT2D eigenvalue weighted by Gasteiger charge is 2.44. The second kappa shape index (κ2) is 7.63. The summed E-state index contributed by atoms with van der Waals surface area (Å²) in [6.45, 7) is 7.36. The van der Waals surface area contributed by atoms with Gasteiger partial charge in [-0.05, 0) is 42.2 Å². The third-order valence-electron chi connectivity index (χ3n) is 6.16. The minimum Gasteiger partial charge on any atom is -0.441 e. The first-order valence-electron chi connectivity index (χ1n) is 10.4. The van der Waals surface area contributed by atoms with Crippen molar-refractivity contribution in [2.45, 2.75) is 45.1 Å². The lowest BCUT2D eigenvalue weighted by Crippen LogP contribution is -2.49. The predicted molar refractivity (Wildman–Crippen MR) is 113 cm³/mol. The molecule has 158 valence electrons. The lowest BCUT2D eigenvalue weighted by atomic mass is 9.91. The van der Waals surface area contributed by atoms with Crippen LogP contribution < -0.4 is 10.9 Å².